The monoisotopic (exact) mass is 262 g/mol. The largest absolute Gasteiger partial charge is 0.450 e. The Morgan fingerprint density at radius 3 is 2.79 bits per heavy atom. The molecule has 0 aliphatic carbocycles. The zero-order chi connectivity index (χ0) is 13.5. The van der Waals surface area contributed by atoms with Gasteiger partial charge in [0.25, 0.3) is 0 Å². The van der Waals surface area contributed by atoms with Gasteiger partial charge in [-0.15, -0.1) is 0 Å². The first kappa shape index (κ1) is 13.9. The molecule has 1 aromatic carbocycles. The molecule has 4 heteroatoms. The molecule has 0 unspecified atom stereocenters. The minimum absolute atomic E-state index is 0.234. The minimum Gasteiger partial charge on any atom is -0.450 e. The highest BCUT2D eigenvalue weighted by molar-refractivity contribution is 5.67. The molecule has 1 heterocycles. The van der Waals surface area contributed by atoms with Crippen LogP contribution in [0.25, 0.3) is 0 Å². The highest BCUT2D eigenvalue weighted by atomic mass is 16.5. The summed E-state index contributed by atoms with van der Waals surface area (Å²) in [5.41, 5.74) is 1.31. The van der Waals surface area contributed by atoms with Gasteiger partial charge >= 0.3 is 6.09 Å². The predicted octanol–water partition coefficient (Wildman–Crippen LogP) is 2.40. The van der Waals surface area contributed by atoms with E-state index in [9.17, 15) is 4.79 Å². The van der Waals surface area contributed by atoms with Gasteiger partial charge in [-0.1, -0.05) is 43.7 Å². The van der Waals surface area contributed by atoms with Crippen LogP contribution >= 0.6 is 0 Å². The number of carbonyl (C=O) groups is 1. The lowest BCUT2D eigenvalue weighted by Gasteiger charge is -2.39. The number of likely N-dealkylation sites (tertiary alicyclic amines) is 1. The Kier molecular flexibility index (Phi) is 5.21. The van der Waals surface area contributed by atoms with Crippen LogP contribution in [0.3, 0.4) is 0 Å². The van der Waals surface area contributed by atoms with Crippen molar-refractivity contribution in [3.8, 4) is 0 Å². The number of unbranched alkanes of at least 4 members (excludes halogenated alkanes) is 1. The van der Waals surface area contributed by atoms with Crippen molar-refractivity contribution in [3.05, 3.63) is 35.9 Å². The summed E-state index contributed by atoms with van der Waals surface area (Å²) in [5.74, 6) is 0. The summed E-state index contributed by atoms with van der Waals surface area (Å²) >= 11 is 0. The number of nitrogens with zero attached hydrogens (tertiary/aromatic N) is 1. The first-order valence-corrected chi connectivity index (χ1v) is 6.97. The van der Waals surface area contributed by atoms with Gasteiger partial charge in [0.2, 0.25) is 0 Å². The number of rotatable bonds is 6. The molecule has 1 fully saturated rings. The fourth-order valence-electron chi connectivity index (χ4n) is 2.15. The van der Waals surface area contributed by atoms with Gasteiger partial charge in [0.15, 0.2) is 0 Å². The van der Waals surface area contributed by atoms with Gasteiger partial charge in [-0.25, -0.2) is 4.79 Å². The molecule has 0 atom stereocenters. The van der Waals surface area contributed by atoms with Gasteiger partial charge < -0.3 is 10.1 Å². The summed E-state index contributed by atoms with van der Waals surface area (Å²) in [6.07, 6.45) is 1.69. The number of carbonyl (C=O) groups excluding carboxylic acids is 1. The molecule has 0 bridgehead atoms. The zero-order valence-electron chi connectivity index (χ0n) is 11.5. The summed E-state index contributed by atoms with van der Waals surface area (Å²) < 4.78 is 5.07. The number of amides is 1. The third kappa shape index (κ3) is 4.56. The zero-order valence-corrected chi connectivity index (χ0v) is 11.5. The molecular formula is C15H22N2O2. The van der Waals surface area contributed by atoms with Crippen molar-refractivity contribution < 1.29 is 9.53 Å². The van der Waals surface area contributed by atoms with E-state index in [0.29, 0.717) is 6.61 Å². The average Bonchev–Trinajstić information content (AvgIpc) is 2.38. The minimum atomic E-state index is -0.280. The standard InChI is InChI=1S/C15H22N2O2/c1-2-3-9-19-15(18)16-14-11-17(12-14)10-13-7-5-4-6-8-13/h4-8,14H,2-3,9-12H2,1H3,(H,16,18). The van der Waals surface area contributed by atoms with Crippen molar-refractivity contribution in [2.45, 2.75) is 32.4 Å². The van der Waals surface area contributed by atoms with Crippen LogP contribution in [0.5, 0.6) is 0 Å². The normalized spacial score (nSPS) is 15.8. The summed E-state index contributed by atoms with van der Waals surface area (Å²) in [4.78, 5) is 13.7. The van der Waals surface area contributed by atoms with Crippen molar-refractivity contribution in [3.63, 3.8) is 0 Å². The Morgan fingerprint density at radius 1 is 1.37 bits per heavy atom. The summed E-state index contributed by atoms with van der Waals surface area (Å²) in [7, 11) is 0. The van der Waals surface area contributed by atoms with Gasteiger partial charge in [-0.05, 0) is 12.0 Å². The second-order valence-corrected chi connectivity index (χ2v) is 5.01. The van der Waals surface area contributed by atoms with Gasteiger partial charge in [0.1, 0.15) is 0 Å². The maximum absolute atomic E-state index is 11.4. The quantitative estimate of drug-likeness (QED) is 0.800. The first-order chi connectivity index (χ1) is 9.28. The number of benzene rings is 1. The molecule has 0 aromatic heterocycles. The van der Waals surface area contributed by atoms with E-state index in [1.54, 1.807) is 0 Å². The molecule has 4 nitrogen and oxygen atoms in total. The number of hydrogen-bond acceptors (Lipinski definition) is 3. The second-order valence-electron chi connectivity index (χ2n) is 5.01. The average molecular weight is 262 g/mol. The lowest BCUT2D eigenvalue weighted by atomic mass is 10.1. The Hall–Kier alpha value is -1.55. The van der Waals surface area contributed by atoms with E-state index in [2.05, 4.69) is 41.4 Å². The van der Waals surface area contributed by atoms with Crippen molar-refractivity contribution in [2.24, 2.45) is 0 Å². The number of ether oxygens (including phenoxy) is 1. The Bertz CT molecular complexity index is 388. The Labute approximate surface area is 114 Å². The SMILES string of the molecule is CCCCOC(=O)NC1CN(Cc2ccccc2)C1. The van der Waals surface area contributed by atoms with Crippen LogP contribution in [0.4, 0.5) is 4.79 Å². The number of hydrogen-bond donors (Lipinski definition) is 1. The first-order valence-electron chi connectivity index (χ1n) is 6.97. The summed E-state index contributed by atoms with van der Waals surface area (Å²) in [6.45, 7) is 5.34. The Balaban J connectivity index is 1.60. The van der Waals surface area contributed by atoms with E-state index in [0.717, 1.165) is 32.5 Å². The van der Waals surface area contributed by atoms with Crippen LogP contribution in [0, 0.1) is 0 Å². The third-order valence-electron chi connectivity index (χ3n) is 3.26. The van der Waals surface area contributed by atoms with E-state index in [1.165, 1.54) is 5.56 Å². The fourth-order valence-corrected chi connectivity index (χ4v) is 2.15. The van der Waals surface area contributed by atoms with Crippen molar-refractivity contribution in [1.29, 1.82) is 0 Å². The molecule has 2 rings (SSSR count). The highest BCUT2D eigenvalue weighted by Crippen LogP contribution is 2.13. The number of alkyl carbamates (subject to hydrolysis) is 1. The fraction of sp³-hybridized carbons (Fsp3) is 0.533. The molecule has 1 aliphatic rings. The molecular weight excluding hydrogens is 240 g/mol. The molecule has 104 valence electrons. The van der Waals surface area contributed by atoms with E-state index < -0.39 is 0 Å². The Morgan fingerprint density at radius 2 is 2.11 bits per heavy atom. The molecule has 1 aliphatic heterocycles. The van der Waals surface area contributed by atoms with Crippen LogP contribution in [-0.4, -0.2) is 36.7 Å². The van der Waals surface area contributed by atoms with E-state index in [4.69, 9.17) is 4.74 Å². The van der Waals surface area contributed by atoms with Gasteiger partial charge in [-0.2, -0.15) is 0 Å². The van der Waals surface area contributed by atoms with Crippen LogP contribution < -0.4 is 5.32 Å². The van der Waals surface area contributed by atoms with E-state index >= 15 is 0 Å². The molecule has 0 saturated carbocycles. The van der Waals surface area contributed by atoms with E-state index in [-0.39, 0.29) is 12.1 Å². The van der Waals surface area contributed by atoms with Crippen molar-refractivity contribution >= 4 is 6.09 Å². The molecule has 1 N–H and O–H groups in total. The maximum atomic E-state index is 11.4. The van der Waals surface area contributed by atoms with Crippen molar-refractivity contribution in [2.75, 3.05) is 19.7 Å². The molecule has 1 saturated heterocycles. The van der Waals surface area contributed by atoms with Gasteiger partial charge in [-0.3, -0.25) is 4.90 Å². The summed E-state index contributed by atoms with van der Waals surface area (Å²) in [6, 6.07) is 10.6. The van der Waals surface area contributed by atoms with Crippen molar-refractivity contribution in [1.82, 2.24) is 10.2 Å². The third-order valence-corrected chi connectivity index (χ3v) is 3.26. The molecule has 0 spiro atoms. The lowest BCUT2D eigenvalue weighted by molar-refractivity contribution is 0.0961. The van der Waals surface area contributed by atoms with Gasteiger partial charge in [0.05, 0.1) is 12.6 Å². The molecule has 1 aromatic rings. The molecule has 19 heavy (non-hydrogen) atoms. The highest BCUT2D eigenvalue weighted by Gasteiger charge is 2.28. The van der Waals surface area contributed by atoms with Gasteiger partial charge in [0, 0.05) is 19.6 Å². The number of nitrogens with one attached hydrogen (secondary N) is 1. The van der Waals surface area contributed by atoms with Crippen LogP contribution in [0.15, 0.2) is 30.3 Å². The van der Waals surface area contributed by atoms with Crippen LogP contribution in [0.1, 0.15) is 25.3 Å². The lowest BCUT2D eigenvalue weighted by Crippen LogP contribution is -2.58. The topological polar surface area (TPSA) is 41.6 Å². The predicted molar refractivity (Wildman–Crippen MR) is 74.9 cm³/mol. The second kappa shape index (κ2) is 7.14. The molecule has 1 amide bonds. The smallest absolute Gasteiger partial charge is 0.407 e. The van der Waals surface area contributed by atoms with Crippen LogP contribution in [0.2, 0.25) is 0 Å². The molecule has 0 radical (unpaired) electrons. The maximum Gasteiger partial charge on any atom is 0.407 e. The van der Waals surface area contributed by atoms with Crippen LogP contribution in [-0.2, 0) is 11.3 Å². The summed E-state index contributed by atoms with van der Waals surface area (Å²) in [5, 5.41) is 2.89. The van der Waals surface area contributed by atoms with E-state index in [1.807, 2.05) is 6.07 Å².